The Morgan fingerprint density at radius 1 is 1.20 bits per heavy atom. The number of thiocarbonyl (C=S) groups is 1. The SMILES string of the molecule is CCCCC(Cc1ccc(N(C)C)cc1)C(O)=S.Cl.Cl. The van der Waals surface area contributed by atoms with Crippen molar-refractivity contribution in [2.75, 3.05) is 19.0 Å². The van der Waals surface area contributed by atoms with Crippen molar-refractivity contribution >= 4 is 47.8 Å². The van der Waals surface area contributed by atoms with Crippen molar-refractivity contribution in [3.63, 3.8) is 0 Å². The number of halogens is 2. The maximum absolute atomic E-state index is 9.57. The molecule has 0 aromatic heterocycles. The highest BCUT2D eigenvalue weighted by Gasteiger charge is 2.13. The molecule has 1 rings (SSSR count). The smallest absolute Gasteiger partial charge is 0.159 e. The third-order valence-corrected chi connectivity index (χ3v) is 3.52. The van der Waals surface area contributed by atoms with Crippen LogP contribution in [0.25, 0.3) is 0 Å². The summed E-state index contributed by atoms with van der Waals surface area (Å²) in [4.78, 5) is 2.08. The Kier molecular flexibility index (Phi) is 12.2. The van der Waals surface area contributed by atoms with E-state index < -0.39 is 0 Å². The third kappa shape index (κ3) is 7.32. The van der Waals surface area contributed by atoms with Gasteiger partial charge in [-0.2, -0.15) is 0 Å². The molecule has 0 saturated heterocycles. The molecular weight excluding hydrogens is 313 g/mol. The van der Waals surface area contributed by atoms with Gasteiger partial charge in [0, 0.05) is 25.7 Å². The van der Waals surface area contributed by atoms with Crippen LogP contribution in [-0.4, -0.2) is 24.3 Å². The molecule has 0 aliphatic carbocycles. The maximum atomic E-state index is 9.57. The van der Waals surface area contributed by atoms with Gasteiger partial charge in [-0.15, -0.1) is 24.8 Å². The van der Waals surface area contributed by atoms with E-state index in [0.717, 1.165) is 25.7 Å². The van der Waals surface area contributed by atoms with Crippen molar-refractivity contribution in [1.82, 2.24) is 0 Å². The summed E-state index contributed by atoms with van der Waals surface area (Å²) in [6.07, 6.45) is 4.06. The number of rotatable bonds is 7. The van der Waals surface area contributed by atoms with Gasteiger partial charge in [0.15, 0.2) is 5.05 Å². The molecule has 0 amide bonds. The van der Waals surface area contributed by atoms with Gasteiger partial charge in [0.05, 0.1) is 0 Å². The van der Waals surface area contributed by atoms with Crippen LogP contribution in [-0.2, 0) is 6.42 Å². The lowest BCUT2D eigenvalue weighted by atomic mass is 9.94. The molecule has 1 unspecified atom stereocenters. The monoisotopic (exact) mass is 337 g/mol. The molecule has 0 spiro atoms. The van der Waals surface area contributed by atoms with Gasteiger partial charge in [0.2, 0.25) is 0 Å². The van der Waals surface area contributed by atoms with Crippen LogP contribution in [0.3, 0.4) is 0 Å². The molecule has 0 aliphatic heterocycles. The standard InChI is InChI=1S/C15H23NOS.2ClH/c1-4-5-6-13(15(17)18)11-12-7-9-14(10-8-12)16(2)3;;/h7-10,13H,4-6,11H2,1-3H3,(H,17,18);2*1H. The summed E-state index contributed by atoms with van der Waals surface area (Å²) >= 11 is 4.94. The normalized spacial score (nSPS) is 10.9. The van der Waals surface area contributed by atoms with E-state index in [1.807, 2.05) is 14.1 Å². The first kappa shape index (κ1) is 21.8. The Morgan fingerprint density at radius 2 is 1.75 bits per heavy atom. The summed E-state index contributed by atoms with van der Waals surface area (Å²) in [5.74, 6) is 0.116. The molecule has 116 valence electrons. The van der Waals surface area contributed by atoms with Gasteiger partial charge in [0.25, 0.3) is 0 Å². The van der Waals surface area contributed by atoms with Crippen molar-refractivity contribution in [1.29, 1.82) is 0 Å². The zero-order valence-electron chi connectivity index (χ0n) is 12.3. The molecule has 0 heterocycles. The first-order valence-electron chi connectivity index (χ1n) is 6.53. The van der Waals surface area contributed by atoms with E-state index >= 15 is 0 Å². The fourth-order valence-electron chi connectivity index (χ4n) is 1.98. The highest BCUT2D eigenvalue weighted by molar-refractivity contribution is 7.80. The van der Waals surface area contributed by atoms with Crippen LogP contribution in [0.15, 0.2) is 24.3 Å². The molecule has 5 heteroatoms. The summed E-state index contributed by atoms with van der Waals surface area (Å²) in [6.45, 7) is 2.16. The minimum absolute atomic E-state index is 0. The molecule has 0 fully saturated rings. The summed E-state index contributed by atoms with van der Waals surface area (Å²) in [5.41, 5.74) is 2.42. The van der Waals surface area contributed by atoms with E-state index in [4.69, 9.17) is 12.2 Å². The zero-order valence-corrected chi connectivity index (χ0v) is 14.8. The van der Waals surface area contributed by atoms with E-state index in [2.05, 4.69) is 36.1 Å². The fourth-order valence-corrected chi connectivity index (χ4v) is 2.18. The van der Waals surface area contributed by atoms with Crippen molar-refractivity contribution in [2.45, 2.75) is 32.6 Å². The number of hydrogen-bond acceptors (Lipinski definition) is 2. The summed E-state index contributed by atoms with van der Waals surface area (Å²) in [6, 6.07) is 8.44. The van der Waals surface area contributed by atoms with Crippen molar-refractivity contribution in [3.8, 4) is 0 Å². The second-order valence-electron chi connectivity index (χ2n) is 4.94. The van der Waals surface area contributed by atoms with Gasteiger partial charge in [-0.3, -0.25) is 0 Å². The lowest BCUT2D eigenvalue weighted by Crippen LogP contribution is -2.15. The van der Waals surface area contributed by atoms with Crippen LogP contribution in [0.2, 0.25) is 0 Å². The Balaban J connectivity index is 0. The highest BCUT2D eigenvalue weighted by atomic mass is 35.5. The fraction of sp³-hybridized carbons (Fsp3) is 0.533. The topological polar surface area (TPSA) is 23.5 Å². The number of unbranched alkanes of at least 4 members (excludes halogenated alkanes) is 1. The second kappa shape index (κ2) is 11.2. The van der Waals surface area contributed by atoms with Gasteiger partial charge >= 0.3 is 0 Å². The van der Waals surface area contributed by atoms with Crippen LogP contribution in [0.4, 0.5) is 5.69 Å². The van der Waals surface area contributed by atoms with Gasteiger partial charge in [0.1, 0.15) is 0 Å². The quantitative estimate of drug-likeness (QED) is 0.720. The molecule has 0 bridgehead atoms. The number of hydrogen-bond donors (Lipinski definition) is 1. The molecule has 0 saturated carbocycles. The van der Waals surface area contributed by atoms with E-state index in [9.17, 15) is 5.11 Å². The van der Waals surface area contributed by atoms with Crippen LogP contribution < -0.4 is 4.90 Å². The summed E-state index contributed by atoms with van der Waals surface area (Å²) in [5, 5.41) is 9.72. The molecule has 0 aliphatic rings. The zero-order chi connectivity index (χ0) is 13.5. The third-order valence-electron chi connectivity index (χ3n) is 3.19. The molecular formula is C15H25Cl2NOS. The first-order valence-corrected chi connectivity index (χ1v) is 6.94. The molecule has 20 heavy (non-hydrogen) atoms. The Morgan fingerprint density at radius 3 is 2.15 bits per heavy atom. The maximum Gasteiger partial charge on any atom is 0.159 e. The molecule has 1 aromatic carbocycles. The average Bonchev–Trinajstić information content (AvgIpc) is 2.34. The first-order chi connectivity index (χ1) is 8.54. The minimum Gasteiger partial charge on any atom is -0.502 e. The molecule has 2 nitrogen and oxygen atoms in total. The van der Waals surface area contributed by atoms with Gasteiger partial charge in [-0.25, -0.2) is 0 Å². The van der Waals surface area contributed by atoms with E-state index in [1.54, 1.807) is 0 Å². The number of nitrogens with zero attached hydrogens (tertiary/aromatic N) is 1. The van der Waals surface area contributed by atoms with Gasteiger partial charge in [-0.1, -0.05) is 31.9 Å². The second-order valence-corrected chi connectivity index (χ2v) is 5.36. The Bertz CT molecular complexity index is 382. The summed E-state index contributed by atoms with van der Waals surface area (Å²) < 4.78 is 0. The summed E-state index contributed by atoms with van der Waals surface area (Å²) in [7, 11) is 4.06. The van der Waals surface area contributed by atoms with Crippen molar-refractivity contribution < 1.29 is 5.11 Å². The van der Waals surface area contributed by atoms with E-state index in [0.29, 0.717) is 0 Å². The van der Waals surface area contributed by atoms with Gasteiger partial charge in [-0.05, 0) is 42.8 Å². The predicted molar refractivity (Wildman–Crippen MR) is 97.2 cm³/mol. The lowest BCUT2D eigenvalue weighted by Gasteiger charge is -2.16. The van der Waals surface area contributed by atoms with Gasteiger partial charge < -0.3 is 10.0 Å². The van der Waals surface area contributed by atoms with Crippen LogP contribution >= 0.6 is 37.0 Å². The van der Waals surface area contributed by atoms with Crippen LogP contribution in [0.1, 0.15) is 31.7 Å². The number of anilines is 1. The number of benzene rings is 1. The average molecular weight is 338 g/mol. The van der Waals surface area contributed by atoms with E-state index in [-0.39, 0.29) is 35.8 Å². The Hall–Kier alpha value is -0.510. The molecule has 1 aromatic rings. The largest absolute Gasteiger partial charge is 0.502 e. The molecule has 1 atom stereocenters. The Labute approximate surface area is 140 Å². The van der Waals surface area contributed by atoms with Crippen molar-refractivity contribution in [3.05, 3.63) is 29.8 Å². The highest BCUT2D eigenvalue weighted by Crippen LogP contribution is 2.19. The van der Waals surface area contributed by atoms with E-state index in [1.165, 1.54) is 11.3 Å². The molecule has 0 radical (unpaired) electrons. The molecule has 1 N–H and O–H groups in total. The number of aliphatic hydroxyl groups excluding tert-OH is 1. The lowest BCUT2D eigenvalue weighted by molar-refractivity contribution is 0.466. The van der Waals surface area contributed by atoms with Crippen LogP contribution in [0, 0.1) is 5.92 Å². The minimum atomic E-state index is 0. The van der Waals surface area contributed by atoms with Crippen LogP contribution in [0.5, 0.6) is 0 Å². The number of aliphatic hydroxyl groups is 1. The predicted octanol–water partition coefficient (Wildman–Crippen LogP) is 4.83. The van der Waals surface area contributed by atoms with Crippen molar-refractivity contribution in [2.24, 2.45) is 5.92 Å².